The third kappa shape index (κ3) is 2.59. The number of hydrogen-bond acceptors (Lipinski definition) is 3. The summed E-state index contributed by atoms with van der Waals surface area (Å²) in [7, 11) is 0. The zero-order chi connectivity index (χ0) is 17.3. The maximum absolute atomic E-state index is 13.8. The molecule has 0 saturated heterocycles. The molecule has 0 saturated carbocycles. The molecule has 3 rings (SSSR count). The second kappa shape index (κ2) is 5.94. The van der Waals surface area contributed by atoms with Crippen LogP contribution in [0.15, 0.2) is 66.7 Å². The minimum absolute atomic E-state index is 0.120. The van der Waals surface area contributed by atoms with Crippen LogP contribution in [0.3, 0.4) is 0 Å². The number of benzene rings is 3. The molecule has 0 aliphatic rings. The Balaban J connectivity index is 2.28. The molecule has 0 radical (unpaired) electrons. The van der Waals surface area contributed by atoms with Gasteiger partial charge in [-0.2, -0.15) is 0 Å². The first-order chi connectivity index (χ1) is 11.4. The second-order valence-corrected chi connectivity index (χ2v) is 5.41. The van der Waals surface area contributed by atoms with Crippen molar-refractivity contribution >= 4 is 0 Å². The number of rotatable bonds is 3. The largest absolute Gasteiger partial charge is 0.505 e. The summed E-state index contributed by atoms with van der Waals surface area (Å²) in [5, 5.41) is 30.1. The van der Waals surface area contributed by atoms with Gasteiger partial charge in [0, 0.05) is 0 Å². The first kappa shape index (κ1) is 16.0. The molecule has 122 valence electrons. The lowest BCUT2D eigenvalue weighted by atomic mass is 9.80. The van der Waals surface area contributed by atoms with Gasteiger partial charge in [0.2, 0.25) is 0 Å². The van der Waals surface area contributed by atoms with E-state index in [1.807, 2.05) is 0 Å². The van der Waals surface area contributed by atoms with E-state index in [1.165, 1.54) is 12.1 Å². The van der Waals surface area contributed by atoms with E-state index in [2.05, 4.69) is 0 Å². The van der Waals surface area contributed by atoms with Crippen LogP contribution in [0, 0.1) is 11.6 Å². The number of hydrogen-bond donors (Lipinski definition) is 3. The minimum atomic E-state index is -1.86. The molecule has 24 heavy (non-hydrogen) atoms. The lowest BCUT2D eigenvalue weighted by Gasteiger charge is -2.30. The van der Waals surface area contributed by atoms with Gasteiger partial charge in [0.15, 0.2) is 23.1 Å². The fourth-order valence-electron chi connectivity index (χ4n) is 2.64. The molecule has 0 unspecified atom stereocenters. The van der Waals surface area contributed by atoms with E-state index in [9.17, 15) is 24.1 Å². The van der Waals surface area contributed by atoms with E-state index in [0.29, 0.717) is 5.56 Å². The Morgan fingerprint density at radius 1 is 0.625 bits per heavy atom. The van der Waals surface area contributed by atoms with Gasteiger partial charge >= 0.3 is 0 Å². The summed E-state index contributed by atoms with van der Waals surface area (Å²) in [5.41, 5.74) is -1.23. The van der Waals surface area contributed by atoms with Crippen molar-refractivity contribution in [2.45, 2.75) is 5.60 Å². The minimum Gasteiger partial charge on any atom is -0.505 e. The van der Waals surface area contributed by atoms with Crippen molar-refractivity contribution in [3.8, 4) is 11.5 Å². The topological polar surface area (TPSA) is 60.7 Å². The van der Waals surface area contributed by atoms with Crippen LogP contribution in [0.2, 0.25) is 0 Å². The molecule has 0 aliphatic carbocycles. The molecule has 3 nitrogen and oxygen atoms in total. The Kier molecular flexibility index (Phi) is 3.95. The van der Waals surface area contributed by atoms with E-state index in [0.717, 1.165) is 24.3 Å². The van der Waals surface area contributed by atoms with Crippen molar-refractivity contribution in [1.82, 2.24) is 0 Å². The Labute approximate surface area is 137 Å². The van der Waals surface area contributed by atoms with Gasteiger partial charge in [0.1, 0.15) is 5.60 Å². The van der Waals surface area contributed by atoms with E-state index in [1.54, 1.807) is 30.3 Å². The summed E-state index contributed by atoms with van der Waals surface area (Å²) >= 11 is 0. The van der Waals surface area contributed by atoms with Crippen molar-refractivity contribution in [1.29, 1.82) is 0 Å². The summed E-state index contributed by atoms with van der Waals surface area (Å²) in [4.78, 5) is 0. The van der Waals surface area contributed by atoms with Crippen LogP contribution < -0.4 is 0 Å². The molecule has 0 spiro atoms. The Hall–Kier alpha value is -2.92. The predicted molar refractivity (Wildman–Crippen MR) is 84.7 cm³/mol. The highest BCUT2D eigenvalue weighted by atomic mass is 19.1. The summed E-state index contributed by atoms with van der Waals surface area (Å²) in [6.07, 6.45) is 0. The van der Waals surface area contributed by atoms with Crippen LogP contribution in [0.25, 0.3) is 0 Å². The van der Waals surface area contributed by atoms with Gasteiger partial charge in [-0.15, -0.1) is 0 Å². The number of aromatic hydroxyl groups is 2. The Bertz CT molecular complexity index is 828. The Morgan fingerprint density at radius 3 is 1.50 bits per heavy atom. The highest BCUT2D eigenvalue weighted by Crippen LogP contribution is 2.38. The molecular weight excluding hydrogens is 314 g/mol. The molecular formula is C19H14F2O3. The van der Waals surface area contributed by atoms with Crippen molar-refractivity contribution in [2.24, 2.45) is 0 Å². The number of phenols is 2. The summed E-state index contributed by atoms with van der Waals surface area (Å²) in [6.45, 7) is 0. The summed E-state index contributed by atoms with van der Waals surface area (Å²) in [6, 6.07) is 15.3. The van der Waals surface area contributed by atoms with Gasteiger partial charge in [0.05, 0.1) is 0 Å². The van der Waals surface area contributed by atoms with Gasteiger partial charge in [-0.3, -0.25) is 0 Å². The maximum Gasteiger partial charge on any atom is 0.165 e. The fourth-order valence-corrected chi connectivity index (χ4v) is 2.64. The number of phenolic OH excluding ortho intramolecular Hbond substituents is 2. The smallest absolute Gasteiger partial charge is 0.165 e. The standard InChI is InChI=1S/C19H14F2O3/c20-15-10-13(6-8-17(15)22)19(24,12-4-2-1-3-5-12)14-7-9-18(23)16(21)11-14/h1-11,22-24H. The van der Waals surface area contributed by atoms with Crippen molar-refractivity contribution in [2.75, 3.05) is 0 Å². The van der Waals surface area contributed by atoms with Crippen LogP contribution in [0.5, 0.6) is 11.5 Å². The lowest BCUT2D eigenvalue weighted by Crippen LogP contribution is -2.29. The molecule has 3 aromatic rings. The van der Waals surface area contributed by atoms with E-state index in [4.69, 9.17) is 0 Å². The van der Waals surface area contributed by atoms with Crippen molar-refractivity contribution in [3.63, 3.8) is 0 Å². The average molecular weight is 328 g/mol. The lowest BCUT2D eigenvalue weighted by molar-refractivity contribution is 0.124. The first-order valence-electron chi connectivity index (χ1n) is 7.19. The number of halogens is 2. The third-order valence-corrected chi connectivity index (χ3v) is 3.92. The van der Waals surface area contributed by atoms with Crippen LogP contribution in [-0.2, 0) is 5.60 Å². The van der Waals surface area contributed by atoms with Crippen molar-refractivity contribution < 1.29 is 24.1 Å². The quantitative estimate of drug-likeness (QED) is 0.643. The SMILES string of the molecule is Oc1ccc(C(O)(c2ccccc2)c2ccc(O)c(F)c2)cc1F. The first-order valence-corrected chi connectivity index (χ1v) is 7.19. The molecule has 0 heterocycles. The normalized spacial score (nSPS) is 11.5. The van der Waals surface area contributed by atoms with Crippen LogP contribution >= 0.6 is 0 Å². The van der Waals surface area contributed by atoms with Gasteiger partial charge in [-0.25, -0.2) is 8.78 Å². The zero-order valence-electron chi connectivity index (χ0n) is 12.4. The molecule has 0 fully saturated rings. The summed E-state index contributed by atoms with van der Waals surface area (Å²) < 4.78 is 27.6. The molecule has 0 bridgehead atoms. The molecule has 0 aliphatic heterocycles. The van der Waals surface area contributed by atoms with Gasteiger partial charge in [0.25, 0.3) is 0 Å². The highest BCUT2D eigenvalue weighted by molar-refractivity contribution is 5.49. The predicted octanol–water partition coefficient (Wildman–Crippen LogP) is 3.66. The van der Waals surface area contributed by atoms with Gasteiger partial charge < -0.3 is 15.3 Å². The molecule has 0 atom stereocenters. The fraction of sp³-hybridized carbons (Fsp3) is 0.0526. The van der Waals surface area contributed by atoms with E-state index >= 15 is 0 Å². The van der Waals surface area contributed by atoms with Crippen molar-refractivity contribution in [3.05, 3.63) is 95.1 Å². The van der Waals surface area contributed by atoms with Gasteiger partial charge in [-0.1, -0.05) is 42.5 Å². The van der Waals surface area contributed by atoms with Crippen LogP contribution in [0.1, 0.15) is 16.7 Å². The molecule has 0 amide bonds. The third-order valence-electron chi connectivity index (χ3n) is 3.92. The van der Waals surface area contributed by atoms with Gasteiger partial charge in [-0.05, 0) is 41.0 Å². The Morgan fingerprint density at radius 2 is 1.08 bits per heavy atom. The van der Waals surface area contributed by atoms with Crippen LogP contribution in [-0.4, -0.2) is 15.3 Å². The average Bonchev–Trinajstić information content (AvgIpc) is 2.60. The molecule has 5 heteroatoms. The molecule has 3 aromatic carbocycles. The summed E-state index contributed by atoms with van der Waals surface area (Å²) in [5.74, 6) is -2.90. The van der Waals surface area contributed by atoms with E-state index in [-0.39, 0.29) is 11.1 Å². The molecule has 3 N–H and O–H groups in total. The zero-order valence-corrected chi connectivity index (χ0v) is 12.4. The maximum atomic E-state index is 13.8. The monoisotopic (exact) mass is 328 g/mol. The second-order valence-electron chi connectivity index (χ2n) is 5.41. The van der Waals surface area contributed by atoms with E-state index < -0.39 is 28.7 Å². The molecule has 0 aromatic heterocycles. The highest BCUT2D eigenvalue weighted by Gasteiger charge is 2.35. The van der Waals surface area contributed by atoms with Crippen LogP contribution in [0.4, 0.5) is 8.78 Å². The number of aliphatic hydroxyl groups is 1.